The number of rotatable bonds is 1. The van der Waals surface area contributed by atoms with Crippen LogP contribution in [-0.2, 0) is 12.0 Å². The predicted octanol–water partition coefficient (Wildman–Crippen LogP) is 2.35. The third-order valence-electron chi connectivity index (χ3n) is 3.72. The highest BCUT2D eigenvalue weighted by atomic mass is 16.5. The van der Waals surface area contributed by atoms with E-state index in [-0.39, 0.29) is 5.54 Å². The Kier molecular flexibility index (Phi) is 1.84. The van der Waals surface area contributed by atoms with E-state index in [1.165, 1.54) is 17.5 Å². The summed E-state index contributed by atoms with van der Waals surface area (Å²) in [6, 6.07) is 6.47. The molecule has 1 saturated carbocycles. The van der Waals surface area contributed by atoms with E-state index in [0.29, 0.717) is 6.10 Å². The van der Waals surface area contributed by atoms with Gasteiger partial charge in [0.1, 0.15) is 11.9 Å². The fourth-order valence-electron chi connectivity index (χ4n) is 2.58. The molecule has 2 heteroatoms. The minimum absolute atomic E-state index is 0.0408. The van der Waals surface area contributed by atoms with Gasteiger partial charge in [0.15, 0.2) is 0 Å². The quantitative estimate of drug-likeness (QED) is 0.760. The summed E-state index contributed by atoms with van der Waals surface area (Å²) in [7, 11) is 0. The lowest BCUT2D eigenvalue weighted by Gasteiger charge is -2.38. The van der Waals surface area contributed by atoms with Gasteiger partial charge in [0.05, 0.1) is 0 Å². The highest BCUT2D eigenvalue weighted by Crippen LogP contribution is 2.41. The SMILES string of the molecule is CC1Cc2cc(C3(N)CCC3)ccc2O1. The largest absolute Gasteiger partial charge is 0.490 e. The van der Waals surface area contributed by atoms with Crippen molar-refractivity contribution in [3.63, 3.8) is 0 Å². The summed E-state index contributed by atoms with van der Waals surface area (Å²) in [5.41, 5.74) is 8.90. The highest BCUT2D eigenvalue weighted by molar-refractivity contribution is 5.43. The lowest BCUT2D eigenvalue weighted by Crippen LogP contribution is -2.43. The van der Waals surface area contributed by atoms with Crippen LogP contribution in [0.4, 0.5) is 0 Å². The fraction of sp³-hybridized carbons (Fsp3) is 0.538. The molecule has 3 rings (SSSR count). The Morgan fingerprint density at radius 1 is 1.40 bits per heavy atom. The van der Waals surface area contributed by atoms with Crippen LogP contribution in [0.1, 0.15) is 37.3 Å². The van der Waals surface area contributed by atoms with Crippen molar-refractivity contribution in [3.8, 4) is 5.75 Å². The maximum Gasteiger partial charge on any atom is 0.123 e. The molecule has 1 unspecified atom stereocenters. The summed E-state index contributed by atoms with van der Waals surface area (Å²) in [5, 5.41) is 0. The number of hydrogen-bond acceptors (Lipinski definition) is 2. The second-order valence-corrected chi connectivity index (χ2v) is 4.96. The van der Waals surface area contributed by atoms with Gasteiger partial charge in [0, 0.05) is 12.0 Å². The van der Waals surface area contributed by atoms with Crippen LogP contribution in [0.15, 0.2) is 18.2 Å². The molecule has 1 aliphatic carbocycles. The van der Waals surface area contributed by atoms with E-state index >= 15 is 0 Å². The first-order chi connectivity index (χ1) is 7.17. The molecule has 1 aliphatic heterocycles. The number of ether oxygens (including phenoxy) is 1. The van der Waals surface area contributed by atoms with Gasteiger partial charge < -0.3 is 10.5 Å². The Morgan fingerprint density at radius 2 is 2.20 bits per heavy atom. The zero-order valence-electron chi connectivity index (χ0n) is 9.12. The molecule has 1 fully saturated rings. The Hall–Kier alpha value is -1.02. The van der Waals surface area contributed by atoms with Crippen LogP contribution in [0.25, 0.3) is 0 Å². The average molecular weight is 203 g/mol. The first-order valence-corrected chi connectivity index (χ1v) is 5.76. The first kappa shape index (κ1) is 9.22. The second kappa shape index (κ2) is 2.99. The second-order valence-electron chi connectivity index (χ2n) is 4.96. The summed E-state index contributed by atoms with van der Waals surface area (Å²) in [5.74, 6) is 1.05. The number of benzene rings is 1. The molecular formula is C13H17NO. The van der Waals surface area contributed by atoms with Crippen LogP contribution in [0.3, 0.4) is 0 Å². The predicted molar refractivity (Wildman–Crippen MR) is 60.0 cm³/mol. The number of nitrogens with two attached hydrogens (primary N) is 1. The molecule has 0 spiro atoms. The van der Waals surface area contributed by atoms with E-state index in [0.717, 1.165) is 25.0 Å². The molecule has 2 nitrogen and oxygen atoms in total. The molecule has 1 heterocycles. The molecule has 1 aromatic carbocycles. The summed E-state index contributed by atoms with van der Waals surface area (Å²) < 4.78 is 5.69. The van der Waals surface area contributed by atoms with Gasteiger partial charge in [-0.2, -0.15) is 0 Å². The van der Waals surface area contributed by atoms with E-state index in [1.54, 1.807) is 0 Å². The van der Waals surface area contributed by atoms with Gasteiger partial charge in [-0.25, -0.2) is 0 Å². The van der Waals surface area contributed by atoms with E-state index in [9.17, 15) is 0 Å². The van der Waals surface area contributed by atoms with E-state index in [4.69, 9.17) is 10.5 Å². The van der Waals surface area contributed by atoms with Crippen molar-refractivity contribution in [3.05, 3.63) is 29.3 Å². The van der Waals surface area contributed by atoms with E-state index < -0.39 is 0 Å². The van der Waals surface area contributed by atoms with Crippen molar-refractivity contribution in [2.75, 3.05) is 0 Å². The summed E-state index contributed by atoms with van der Waals surface area (Å²) in [6.07, 6.45) is 4.87. The molecule has 80 valence electrons. The van der Waals surface area contributed by atoms with E-state index in [2.05, 4.69) is 25.1 Å². The van der Waals surface area contributed by atoms with Crippen molar-refractivity contribution in [2.24, 2.45) is 5.73 Å². The Morgan fingerprint density at radius 3 is 2.87 bits per heavy atom. The van der Waals surface area contributed by atoms with Crippen molar-refractivity contribution in [2.45, 2.75) is 44.2 Å². The van der Waals surface area contributed by atoms with Gasteiger partial charge in [-0.05, 0) is 43.4 Å². The third-order valence-corrected chi connectivity index (χ3v) is 3.72. The summed E-state index contributed by atoms with van der Waals surface area (Å²) >= 11 is 0. The van der Waals surface area contributed by atoms with Crippen LogP contribution in [-0.4, -0.2) is 6.10 Å². The van der Waals surface area contributed by atoms with Gasteiger partial charge in [0.2, 0.25) is 0 Å². The smallest absolute Gasteiger partial charge is 0.123 e. The topological polar surface area (TPSA) is 35.2 Å². The lowest BCUT2D eigenvalue weighted by atomic mass is 9.72. The average Bonchev–Trinajstić information content (AvgIpc) is 2.53. The Labute approximate surface area is 90.4 Å². The molecule has 2 N–H and O–H groups in total. The molecule has 1 atom stereocenters. The molecule has 0 saturated heterocycles. The molecule has 0 bridgehead atoms. The maximum atomic E-state index is 6.31. The summed E-state index contributed by atoms with van der Waals surface area (Å²) in [6.45, 7) is 2.11. The Bertz CT molecular complexity index is 396. The normalized spacial score (nSPS) is 26.7. The highest BCUT2D eigenvalue weighted by Gasteiger charge is 2.35. The fourth-order valence-corrected chi connectivity index (χ4v) is 2.58. The Balaban J connectivity index is 1.96. The molecule has 2 aliphatic rings. The van der Waals surface area contributed by atoms with Gasteiger partial charge in [-0.1, -0.05) is 12.1 Å². The maximum absolute atomic E-state index is 6.31. The van der Waals surface area contributed by atoms with Crippen molar-refractivity contribution >= 4 is 0 Å². The van der Waals surface area contributed by atoms with Crippen molar-refractivity contribution in [1.82, 2.24) is 0 Å². The number of fused-ring (bicyclic) bond motifs is 1. The van der Waals surface area contributed by atoms with Gasteiger partial charge in [0.25, 0.3) is 0 Å². The van der Waals surface area contributed by atoms with Crippen LogP contribution >= 0.6 is 0 Å². The van der Waals surface area contributed by atoms with Gasteiger partial charge >= 0.3 is 0 Å². The third kappa shape index (κ3) is 1.36. The van der Waals surface area contributed by atoms with Crippen LogP contribution < -0.4 is 10.5 Å². The minimum Gasteiger partial charge on any atom is -0.490 e. The van der Waals surface area contributed by atoms with Crippen molar-refractivity contribution < 1.29 is 4.74 Å². The molecule has 0 radical (unpaired) electrons. The number of hydrogen-bond donors (Lipinski definition) is 1. The van der Waals surface area contributed by atoms with Gasteiger partial charge in [-0.3, -0.25) is 0 Å². The molecular weight excluding hydrogens is 186 g/mol. The van der Waals surface area contributed by atoms with Crippen LogP contribution in [0.5, 0.6) is 5.75 Å². The van der Waals surface area contributed by atoms with Crippen LogP contribution in [0.2, 0.25) is 0 Å². The minimum atomic E-state index is -0.0408. The molecule has 1 aromatic rings. The standard InChI is InChI=1S/C13H17NO/c1-9-7-10-8-11(3-4-12(10)15-9)13(14)5-2-6-13/h3-4,8-9H,2,5-7,14H2,1H3. The summed E-state index contributed by atoms with van der Waals surface area (Å²) in [4.78, 5) is 0. The van der Waals surface area contributed by atoms with E-state index in [1.807, 2.05) is 0 Å². The first-order valence-electron chi connectivity index (χ1n) is 5.76. The van der Waals surface area contributed by atoms with Crippen LogP contribution in [0, 0.1) is 0 Å². The molecule has 0 amide bonds. The monoisotopic (exact) mass is 203 g/mol. The zero-order valence-corrected chi connectivity index (χ0v) is 9.12. The van der Waals surface area contributed by atoms with Gasteiger partial charge in [-0.15, -0.1) is 0 Å². The molecule has 0 aromatic heterocycles. The zero-order chi connectivity index (χ0) is 10.5. The lowest BCUT2D eigenvalue weighted by molar-refractivity contribution is 0.252. The van der Waals surface area contributed by atoms with Crippen molar-refractivity contribution in [1.29, 1.82) is 0 Å². The molecule has 15 heavy (non-hydrogen) atoms.